The molecule has 1 N–H and O–H groups in total. The van der Waals surface area contributed by atoms with Crippen molar-refractivity contribution in [3.63, 3.8) is 0 Å². The van der Waals surface area contributed by atoms with Crippen LogP contribution in [-0.4, -0.2) is 31.3 Å². The second-order valence-electron chi connectivity index (χ2n) is 9.03. The maximum Gasteiger partial charge on any atom is 0.315 e. The lowest BCUT2D eigenvalue weighted by atomic mass is 9.61. The molecule has 0 aliphatic heterocycles. The number of carboxylic acids is 1. The SMILES string of the molecule is COc1ccccc1.COc1ccccc1C1C(C(=O)O)CC1C(=O)Oc1cccc(-c2ccc(F)cc2)c1. The lowest BCUT2D eigenvalue weighted by Gasteiger charge is -2.41. The van der Waals surface area contributed by atoms with Gasteiger partial charge in [-0.3, -0.25) is 9.59 Å². The molecule has 200 valence electrons. The van der Waals surface area contributed by atoms with Gasteiger partial charge in [-0.15, -0.1) is 0 Å². The van der Waals surface area contributed by atoms with E-state index < -0.39 is 29.7 Å². The van der Waals surface area contributed by atoms with Crippen molar-refractivity contribution in [3.05, 3.63) is 115 Å². The van der Waals surface area contributed by atoms with Crippen molar-refractivity contribution in [2.24, 2.45) is 11.8 Å². The Morgan fingerprint density at radius 3 is 2.05 bits per heavy atom. The number of esters is 1. The van der Waals surface area contributed by atoms with Gasteiger partial charge in [0.05, 0.1) is 26.1 Å². The smallest absolute Gasteiger partial charge is 0.315 e. The molecule has 6 nitrogen and oxygen atoms in total. The van der Waals surface area contributed by atoms with Crippen LogP contribution in [0.3, 0.4) is 0 Å². The Kier molecular flexibility index (Phi) is 8.94. The summed E-state index contributed by atoms with van der Waals surface area (Å²) in [5, 5.41) is 9.58. The number of carbonyl (C=O) groups is 2. The van der Waals surface area contributed by atoms with Crippen LogP contribution in [0.25, 0.3) is 11.1 Å². The number of benzene rings is 4. The van der Waals surface area contributed by atoms with Crippen molar-refractivity contribution < 1.29 is 33.3 Å². The second kappa shape index (κ2) is 12.7. The van der Waals surface area contributed by atoms with Crippen LogP contribution in [0.2, 0.25) is 0 Å². The lowest BCUT2D eigenvalue weighted by molar-refractivity contribution is -0.155. The molecule has 3 unspecified atom stereocenters. The van der Waals surface area contributed by atoms with Gasteiger partial charge in [0.15, 0.2) is 0 Å². The number of ether oxygens (including phenoxy) is 3. The highest BCUT2D eigenvalue weighted by atomic mass is 19.1. The number of hydrogen-bond acceptors (Lipinski definition) is 5. The molecule has 0 bridgehead atoms. The predicted octanol–water partition coefficient (Wildman–Crippen LogP) is 6.61. The third kappa shape index (κ3) is 6.62. The summed E-state index contributed by atoms with van der Waals surface area (Å²) >= 11 is 0. The first kappa shape index (κ1) is 27.4. The minimum absolute atomic E-state index is 0.203. The predicted molar refractivity (Wildman–Crippen MR) is 145 cm³/mol. The molecule has 0 saturated heterocycles. The average molecular weight is 529 g/mol. The standard InChI is InChI=1S/C25H21FO5.C7H8O/c1-30-22-8-3-2-7-19(22)23-20(24(27)28)14-21(23)25(29)31-18-6-4-5-16(13-18)15-9-11-17(26)12-10-15;1-8-7-5-3-2-4-6-7/h2-13,20-21,23H,14H2,1H3,(H,27,28);2-6H,1H3. The number of para-hydroxylation sites is 2. The molecule has 3 atom stereocenters. The molecule has 0 aromatic heterocycles. The summed E-state index contributed by atoms with van der Waals surface area (Å²) in [6, 6.07) is 29.8. The second-order valence-corrected chi connectivity index (χ2v) is 9.03. The van der Waals surface area contributed by atoms with E-state index in [1.54, 1.807) is 61.7 Å². The molecule has 1 saturated carbocycles. The van der Waals surface area contributed by atoms with E-state index in [1.165, 1.54) is 19.2 Å². The van der Waals surface area contributed by atoms with E-state index in [0.717, 1.165) is 16.9 Å². The highest BCUT2D eigenvalue weighted by Gasteiger charge is 2.51. The van der Waals surface area contributed by atoms with Crippen molar-refractivity contribution in [1.29, 1.82) is 0 Å². The Balaban J connectivity index is 0.000000379. The highest BCUT2D eigenvalue weighted by Crippen LogP contribution is 2.51. The Morgan fingerprint density at radius 1 is 0.744 bits per heavy atom. The van der Waals surface area contributed by atoms with E-state index in [-0.39, 0.29) is 12.2 Å². The van der Waals surface area contributed by atoms with Crippen LogP contribution in [0.4, 0.5) is 4.39 Å². The minimum Gasteiger partial charge on any atom is -0.497 e. The van der Waals surface area contributed by atoms with Crippen molar-refractivity contribution in [2.45, 2.75) is 12.3 Å². The number of aliphatic carboxylic acids is 1. The number of methoxy groups -OCH3 is 2. The van der Waals surface area contributed by atoms with Crippen LogP contribution >= 0.6 is 0 Å². The normalized spacial score (nSPS) is 17.6. The maximum absolute atomic E-state index is 13.2. The summed E-state index contributed by atoms with van der Waals surface area (Å²) in [6.45, 7) is 0. The zero-order chi connectivity index (χ0) is 27.8. The Hall–Kier alpha value is -4.65. The van der Waals surface area contributed by atoms with Crippen molar-refractivity contribution in [2.75, 3.05) is 14.2 Å². The molecule has 5 rings (SSSR count). The first-order valence-corrected chi connectivity index (χ1v) is 12.4. The van der Waals surface area contributed by atoms with Gasteiger partial charge in [-0.2, -0.15) is 0 Å². The van der Waals surface area contributed by atoms with Crippen LogP contribution in [0.15, 0.2) is 103 Å². The fourth-order valence-electron chi connectivity index (χ4n) is 4.65. The van der Waals surface area contributed by atoms with Crippen LogP contribution < -0.4 is 14.2 Å². The Morgan fingerprint density at radius 2 is 1.41 bits per heavy atom. The molecule has 4 aromatic carbocycles. The summed E-state index contributed by atoms with van der Waals surface area (Å²) < 4.78 is 29.1. The van der Waals surface area contributed by atoms with Gasteiger partial charge in [0.25, 0.3) is 0 Å². The maximum atomic E-state index is 13.2. The minimum atomic E-state index is -0.946. The highest BCUT2D eigenvalue weighted by molar-refractivity contribution is 5.83. The molecular weight excluding hydrogens is 499 g/mol. The van der Waals surface area contributed by atoms with Gasteiger partial charge in [-0.05, 0) is 65.6 Å². The van der Waals surface area contributed by atoms with E-state index in [4.69, 9.17) is 14.2 Å². The van der Waals surface area contributed by atoms with Crippen LogP contribution in [-0.2, 0) is 9.59 Å². The van der Waals surface area contributed by atoms with Gasteiger partial charge in [0.1, 0.15) is 23.1 Å². The van der Waals surface area contributed by atoms with E-state index in [1.807, 2.05) is 36.4 Å². The first-order valence-electron chi connectivity index (χ1n) is 12.4. The van der Waals surface area contributed by atoms with Crippen LogP contribution in [0.1, 0.15) is 17.9 Å². The van der Waals surface area contributed by atoms with E-state index in [9.17, 15) is 19.1 Å². The van der Waals surface area contributed by atoms with Gasteiger partial charge in [0, 0.05) is 5.92 Å². The lowest BCUT2D eigenvalue weighted by Crippen LogP contribution is -2.45. The monoisotopic (exact) mass is 528 g/mol. The summed E-state index contributed by atoms with van der Waals surface area (Å²) in [7, 11) is 3.18. The van der Waals surface area contributed by atoms with Crippen molar-refractivity contribution in [1.82, 2.24) is 0 Å². The number of carbonyl (C=O) groups excluding carboxylic acids is 1. The van der Waals surface area contributed by atoms with Gasteiger partial charge in [-0.25, -0.2) is 4.39 Å². The summed E-state index contributed by atoms with van der Waals surface area (Å²) in [5.74, 6) is -1.74. The fraction of sp³-hybridized carbons (Fsp3) is 0.188. The van der Waals surface area contributed by atoms with Crippen molar-refractivity contribution >= 4 is 11.9 Å². The van der Waals surface area contributed by atoms with Crippen LogP contribution in [0, 0.1) is 17.7 Å². The number of rotatable bonds is 7. The first-order chi connectivity index (χ1) is 18.9. The largest absolute Gasteiger partial charge is 0.497 e. The zero-order valence-electron chi connectivity index (χ0n) is 21.6. The fourth-order valence-corrected chi connectivity index (χ4v) is 4.65. The number of carboxylic acid groups (broad SMARTS) is 1. The van der Waals surface area contributed by atoms with Crippen molar-refractivity contribution in [3.8, 4) is 28.4 Å². The van der Waals surface area contributed by atoms with Gasteiger partial charge < -0.3 is 19.3 Å². The Bertz CT molecular complexity index is 1400. The summed E-state index contributed by atoms with van der Waals surface area (Å²) in [4.78, 5) is 24.6. The third-order valence-electron chi connectivity index (χ3n) is 6.70. The molecule has 0 heterocycles. The molecule has 4 aromatic rings. The topological polar surface area (TPSA) is 82.1 Å². The third-order valence-corrected chi connectivity index (χ3v) is 6.70. The molecule has 39 heavy (non-hydrogen) atoms. The quantitative estimate of drug-likeness (QED) is 0.215. The Labute approximate surface area is 226 Å². The molecule has 0 amide bonds. The number of hydrogen-bond donors (Lipinski definition) is 1. The van der Waals surface area contributed by atoms with Gasteiger partial charge in [-0.1, -0.05) is 60.7 Å². The molecule has 0 radical (unpaired) electrons. The van der Waals surface area contributed by atoms with E-state index >= 15 is 0 Å². The molecule has 1 aliphatic rings. The van der Waals surface area contributed by atoms with Crippen LogP contribution in [0.5, 0.6) is 17.2 Å². The summed E-state index contributed by atoms with van der Waals surface area (Å²) in [5.41, 5.74) is 2.26. The molecule has 7 heteroatoms. The van der Waals surface area contributed by atoms with E-state index in [0.29, 0.717) is 17.1 Å². The summed E-state index contributed by atoms with van der Waals surface area (Å²) in [6.07, 6.45) is 0.203. The molecular formula is C32H29FO6. The van der Waals surface area contributed by atoms with Gasteiger partial charge in [0.2, 0.25) is 0 Å². The number of halogens is 1. The molecule has 0 spiro atoms. The zero-order valence-corrected chi connectivity index (χ0v) is 21.6. The van der Waals surface area contributed by atoms with E-state index in [2.05, 4.69) is 0 Å². The molecule has 1 fully saturated rings. The average Bonchev–Trinajstić information content (AvgIpc) is 2.94. The molecule has 1 aliphatic carbocycles. The van der Waals surface area contributed by atoms with Gasteiger partial charge >= 0.3 is 11.9 Å².